The first-order valence-corrected chi connectivity index (χ1v) is 11.2. The van der Waals surface area contributed by atoms with Gasteiger partial charge in [-0.05, 0) is 71.8 Å². The minimum absolute atomic E-state index is 0.0109. The molecule has 4 rings (SSSR count). The number of nitrogens with zero attached hydrogens (tertiary/aromatic N) is 1. The quantitative estimate of drug-likeness (QED) is 0.484. The van der Waals surface area contributed by atoms with Crippen LogP contribution in [-0.2, 0) is 12.8 Å². The third kappa shape index (κ3) is 4.82. The molecule has 1 heterocycles. The first-order valence-electron chi connectivity index (χ1n) is 10.0. The summed E-state index contributed by atoms with van der Waals surface area (Å²) < 4.78 is 0. The van der Waals surface area contributed by atoms with Crippen molar-refractivity contribution in [3.05, 3.63) is 81.2 Å². The molecule has 0 fully saturated rings. The molecule has 3 aromatic rings. The van der Waals surface area contributed by atoms with Crippen LogP contribution in [0.2, 0.25) is 5.02 Å². The number of aryl methyl sites for hydroxylation is 1. The van der Waals surface area contributed by atoms with Gasteiger partial charge in [0.25, 0.3) is 0 Å². The Hall–Kier alpha value is -2.67. The number of thiophene rings is 1. The zero-order chi connectivity index (χ0) is 22.0. The van der Waals surface area contributed by atoms with Crippen LogP contribution in [0.5, 0.6) is 0 Å². The van der Waals surface area contributed by atoms with Crippen LogP contribution in [0.25, 0.3) is 10.4 Å². The van der Waals surface area contributed by atoms with E-state index in [-0.39, 0.29) is 12.6 Å². The van der Waals surface area contributed by atoms with Gasteiger partial charge in [-0.25, -0.2) is 4.79 Å². The number of carboxylic acid groups (broad SMARTS) is 1. The number of hydrogen-bond donors (Lipinski definition) is 2. The molecule has 0 unspecified atom stereocenters. The molecule has 5 nitrogen and oxygen atoms in total. The molecule has 2 atom stereocenters. The van der Waals surface area contributed by atoms with Crippen molar-refractivity contribution in [1.82, 2.24) is 4.90 Å². The molecular formula is C24H22ClNO4S. The standard InChI is InChI=1S/C24H22ClNO4S/c25-19-3-1-2-16(11-19)22(28)13-26(24(29)30)20-7-6-15-4-5-17(10-18(15)12-20)23-9-8-21(14-27)31-23/h1-5,8-11,14,20,22,28H,6-7,12-13H2,(H,29,30)/t20-,22+/m0/s1. The molecule has 0 saturated carbocycles. The second-order valence-electron chi connectivity index (χ2n) is 7.71. The molecular weight excluding hydrogens is 434 g/mol. The van der Waals surface area contributed by atoms with Crippen LogP contribution < -0.4 is 0 Å². The van der Waals surface area contributed by atoms with Crippen molar-refractivity contribution in [1.29, 1.82) is 0 Å². The van der Waals surface area contributed by atoms with Crippen molar-refractivity contribution in [3.8, 4) is 10.4 Å². The van der Waals surface area contributed by atoms with E-state index in [0.717, 1.165) is 28.7 Å². The van der Waals surface area contributed by atoms with Crippen molar-refractivity contribution < 1.29 is 19.8 Å². The zero-order valence-electron chi connectivity index (χ0n) is 16.7. The normalized spacial score (nSPS) is 16.4. The van der Waals surface area contributed by atoms with Gasteiger partial charge in [-0.3, -0.25) is 4.79 Å². The third-order valence-electron chi connectivity index (χ3n) is 5.73. The van der Waals surface area contributed by atoms with Gasteiger partial charge in [-0.2, -0.15) is 0 Å². The van der Waals surface area contributed by atoms with Crippen LogP contribution in [-0.4, -0.2) is 40.1 Å². The van der Waals surface area contributed by atoms with Gasteiger partial charge in [0.2, 0.25) is 0 Å². The molecule has 7 heteroatoms. The van der Waals surface area contributed by atoms with E-state index in [9.17, 15) is 19.8 Å². The summed E-state index contributed by atoms with van der Waals surface area (Å²) in [7, 11) is 0. The summed E-state index contributed by atoms with van der Waals surface area (Å²) in [4.78, 5) is 26.1. The van der Waals surface area contributed by atoms with Crippen molar-refractivity contribution in [2.45, 2.75) is 31.4 Å². The van der Waals surface area contributed by atoms with Crippen LogP contribution in [0, 0.1) is 0 Å². The molecule has 0 bridgehead atoms. The van der Waals surface area contributed by atoms with E-state index in [1.54, 1.807) is 30.3 Å². The lowest BCUT2D eigenvalue weighted by atomic mass is 9.86. The average molecular weight is 456 g/mol. The lowest BCUT2D eigenvalue weighted by Gasteiger charge is -2.34. The highest BCUT2D eigenvalue weighted by molar-refractivity contribution is 7.17. The molecule has 0 radical (unpaired) electrons. The van der Waals surface area contributed by atoms with Crippen molar-refractivity contribution in [2.75, 3.05) is 6.54 Å². The second kappa shape index (κ2) is 9.22. The first kappa shape index (κ1) is 21.6. The largest absolute Gasteiger partial charge is 0.465 e. The Morgan fingerprint density at radius 2 is 2.03 bits per heavy atom. The topological polar surface area (TPSA) is 77.8 Å². The number of rotatable bonds is 6. The number of halogens is 1. The van der Waals surface area contributed by atoms with E-state index in [1.807, 2.05) is 6.07 Å². The summed E-state index contributed by atoms with van der Waals surface area (Å²) in [6, 6.07) is 16.6. The van der Waals surface area contributed by atoms with Crippen LogP contribution >= 0.6 is 22.9 Å². The van der Waals surface area contributed by atoms with Gasteiger partial charge < -0.3 is 15.1 Å². The molecule has 1 aliphatic carbocycles. The van der Waals surface area contributed by atoms with E-state index in [0.29, 0.717) is 28.3 Å². The fraction of sp³-hybridized carbons (Fsp3) is 0.250. The highest BCUT2D eigenvalue weighted by Crippen LogP contribution is 2.33. The number of hydrogen-bond acceptors (Lipinski definition) is 4. The smallest absolute Gasteiger partial charge is 0.407 e. The number of fused-ring (bicyclic) bond motifs is 1. The van der Waals surface area contributed by atoms with E-state index >= 15 is 0 Å². The van der Waals surface area contributed by atoms with Gasteiger partial charge in [0, 0.05) is 15.9 Å². The summed E-state index contributed by atoms with van der Waals surface area (Å²) in [6.45, 7) is -0.0109. The van der Waals surface area contributed by atoms with Gasteiger partial charge in [0.1, 0.15) is 0 Å². The minimum atomic E-state index is -1.04. The molecule has 0 spiro atoms. The molecule has 1 aromatic heterocycles. The predicted molar refractivity (Wildman–Crippen MR) is 122 cm³/mol. The van der Waals surface area contributed by atoms with Crippen LogP contribution in [0.1, 0.15) is 38.9 Å². The highest BCUT2D eigenvalue weighted by atomic mass is 35.5. The lowest BCUT2D eigenvalue weighted by molar-refractivity contribution is 0.0727. The second-order valence-corrected chi connectivity index (χ2v) is 9.26. The maximum atomic E-state index is 12.0. The monoisotopic (exact) mass is 455 g/mol. The molecule has 2 aromatic carbocycles. The van der Waals surface area contributed by atoms with Gasteiger partial charge in [-0.15, -0.1) is 11.3 Å². The molecule has 1 aliphatic rings. The summed E-state index contributed by atoms with van der Waals surface area (Å²) in [6.07, 6.45) is 0.925. The maximum absolute atomic E-state index is 12.0. The summed E-state index contributed by atoms with van der Waals surface area (Å²) in [5, 5.41) is 21.0. The number of benzene rings is 2. The lowest BCUT2D eigenvalue weighted by Crippen LogP contribution is -2.44. The molecule has 0 saturated heterocycles. The van der Waals surface area contributed by atoms with Gasteiger partial charge in [-0.1, -0.05) is 35.9 Å². The fourth-order valence-electron chi connectivity index (χ4n) is 4.12. The first-order chi connectivity index (χ1) is 14.9. The average Bonchev–Trinajstić information content (AvgIpc) is 3.26. The van der Waals surface area contributed by atoms with Crippen molar-refractivity contribution in [3.63, 3.8) is 0 Å². The number of carbonyl (C=O) groups excluding carboxylic acids is 1. The van der Waals surface area contributed by atoms with Crippen LogP contribution in [0.3, 0.4) is 0 Å². The van der Waals surface area contributed by atoms with Crippen LogP contribution in [0.4, 0.5) is 4.79 Å². The van der Waals surface area contributed by atoms with Gasteiger partial charge >= 0.3 is 6.09 Å². The number of aliphatic hydroxyl groups excluding tert-OH is 1. The SMILES string of the molecule is O=Cc1ccc(-c2ccc3c(c2)C[C@@H](N(C[C@@H](O)c2cccc(Cl)c2)C(=O)O)CC3)s1. The predicted octanol–water partition coefficient (Wildman–Crippen LogP) is 5.45. The Labute approximate surface area is 189 Å². The number of amides is 1. The van der Waals surface area contributed by atoms with Gasteiger partial charge in [0.15, 0.2) is 6.29 Å². The molecule has 0 aliphatic heterocycles. The Bertz CT molecular complexity index is 1110. The number of aldehydes is 1. The van der Waals surface area contributed by atoms with Crippen molar-refractivity contribution in [2.24, 2.45) is 0 Å². The van der Waals surface area contributed by atoms with Crippen molar-refractivity contribution >= 4 is 35.3 Å². The van der Waals surface area contributed by atoms with E-state index < -0.39 is 12.2 Å². The molecule has 1 amide bonds. The highest BCUT2D eigenvalue weighted by Gasteiger charge is 2.30. The Morgan fingerprint density at radius 3 is 2.74 bits per heavy atom. The molecule has 31 heavy (non-hydrogen) atoms. The van der Waals surface area contributed by atoms with E-state index in [2.05, 4.69) is 18.2 Å². The fourth-order valence-corrected chi connectivity index (χ4v) is 5.14. The Balaban J connectivity index is 1.54. The Kier molecular flexibility index (Phi) is 6.41. The Morgan fingerprint density at radius 1 is 1.19 bits per heavy atom. The third-order valence-corrected chi connectivity index (χ3v) is 7.02. The van der Waals surface area contributed by atoms with Crippen LogP contribution in [0.15, 0.2) is 54.6 Å². The minimum Gasteiger partial charge on any atom is -0.465 e. The maximum Gasteiger partial charge on any atom is 0.407 e. The molecule has 160 valence electrons. The summed E-state index contributed by atoms with van der Waals surface area (Å²) >= 11 is 7.45. The number of aliphatic hydroxyl groups is 1. The van der Waals surface area contributed by atoms with Gasteiger partial charge in [0.05, 0.1) is 17.5 Å². The summed E-state index contributed by atoms with van der Waals surface area (Å²) in [5.74, 6) is 0. The summed E-state index contributed by atoms with van der Waals surface area (Å²) in [5.41, 5.74) is 3.95. The zero-order valence-corrected chi connectivity index (χ0v) is 18.3. The van der Waals surface area contributed by atoms with E-state index in [1.165, 1.54) is 21.8 Å². The van der Waals surface area contributed by atoms with E-state index in [4.69, 9.17) is 11.6 Å². The number of carbonyl (C=O) groups is 2. The molecule has 2 N–H and O–H groups in total.